The first kappa shape index (κ1) is 17.0. The van der Waals surface area contributed by atoms with Crippen molar-refractivity contribution >= 4 is 17.5 Å². The average molecular weight is 330 g/mol. The van der Waals surface area contributed by atoms with Gasteiger partial charge in [0.25, 0.3) is 0 Å². The smallest absolute Gasteiger partial charge is 0.230 e. The minimum atomic E-state index is -0.498. The number of anilines is 1. The van der Waals surface area contributed by atoms with Crippen LogP contribution in [0, 0.1) is 5.92 Å². The molecule has 2 N–H and O–H groups in total. The molecule has 2 aliphatic rings. The van der Waals surface area contributed by atoms with Gasteiger partial charge in [-0.25, -0.2) is 0 Å². The molecule has 0 bridgehead atoms. The molecule has 2 saturated heterocycles. The monoisotopic (exact) mass is 330 g/mol. The van der Waals surface area contributed by atoms with Crippen molar-refractivity contribution in [2.24, 2.45) is 5.92 Å². The third-order valence-electron chi connectivity index (χ3n) is 5.49. The topological polar surface area (TPSA) is 69.6 Å². The lowest BCUT2D eigenvalue weighted by Gasteiger charge is -2.38. The Bertz CT molecular complexity index is 604. The van der Waals surface area contributed by atoms with E-state index in [-0.39, 0.29) is 17.7 Å². The van der Waals surface area contributed by atoms with Crippen LogP contribution >= 0.6 is 0 Å². The van der Waals surface area contributed by atoms with Gasteiger partial charge in [0.05, 0.1) is 5.60 Å². The molecule has 0 spiro atoms. The zero-order valence-corrected chi connectivity index (χ0v) is 14.3. The summed E-state index contributed by atoms with van der Waals surface area (Å²) in [7, 11) is 0. The first-order valence-electron chi connectivity index (χ1n) is 8.89. The van der Waals surface area contributed by atoms with Crippen LogP contribution in [0.1, 0.15) is 44.6 Å². The number of hydrogen-bond acceptors (Lipinski definition) is 4. The van der Waals surface area contributed by atoms with E-state index in [0.29, 0.717) is 19.3 Å². The van der Waals surface area contributed by atoms with E-state index in [0.717, 1.165) is 37.9 Å². The third-order valence-corrected chi connectivity index (χ3v) is 5.49. The fraction of sp³-hybridized carbons (Fsp3) is 0.579. The average Bonchev–Trinajstić information content (AvgIpc) is 2.59. The molecule has 130 valence electrons. The molecule has 1 aromatic carbocycles. The minimum absolute atomic E-state index is 0.108. The summed E-state index contributed by atoms with van der Waals surface area (Å²) in [5.41, 5.74) is 1.79. The van der Waals surface area contributed by atoms with Crippen molar-refractivity contribution in [2.75, 3.05) is 18.0 Å². The molecule has 24 heavy (non-hydrogen) atoms. The van der Waals surface area contributed by atoms with E-state index in [4.69, 9.17) is 0 Å². The van der Waals surface area contributed by atoms with Crippen LogP contribution in [0.4, 0.5) is 5.69 Å². The van der Waals surface area contributed by atoms with Crippen LogP contribution in [0.5, 0.6) is 0 Å². The lowest BCUT2D eigenvalue weighted by atomic mass is 9.88. The van der Waals surface area contributed by atoms with Gasteiger partial charge in [0.1, 0.15) is 0 Å². The highest BCUT2D eigenvalue weighted by Crippen LogP contribution is 2.29. The van der Waals surface area contributed by atoms with E-state index in [1.807, 2.05) is 6.92 Å². The van der Waals surface area contributed by atoms with Gasteiger partial charge in [-0.15, -0.1) is 0 Å². The minimum Gasteiger partial charge on any atom is -0.390 e. The molecule has 3 rings (SSSR count). The second-order valence-corrected chi connectivity index (χ2v) is 7.08. The van der Waals surface area contributed by atoms with Gasteiger partial charge in [-0.3, -0.25) is 14.9 Å². The summed E-state index contributed by atoms with van der Waals surface area (Å²) in [5.74, 6) is -0.419. The summed E-state index contributed by atoms with van der Waals surface area (Å²) in [6.07, 6.45) is 4.17. The van der Waals surface area contributed by atoms with E-state index in [9.17, 15) is 14.7 Å². The fourth-order valence-corrected chi connectivity index (χ4v) is 3.60. The molecular formula is C19H26N2O3. The molecule has 1 unspecified atom stereocenters. The van der Waals surface area contributed by atoms with Crippen LogP contribution < -0.4 is 10.2 Å². The molecule has 2 heterocycles. The van der Waals surface area contributed by atoms with Gasteiger partial charge in [-0.2, -0.15) is 0 Å². The SMILES string of the molecule is CCC1(O)CCN(c2ccc(CC3CCC(=O)NC3=O)cc2)CC1. The van der Waals surface area contributed by atoms with E-state index in [1.54, 1.807) is 0 Å². The van der Waals surface area contributed by atoms with Crippen molar-refractivity contribution in [2.45, 2.75) is 51.0 Å². The highest BCUT2D eigenvalue weighted by molar-refractivity contribution is 5.98. The maximum absolute atomic E-state index is 11.8. The molecule has 1 aromatic rings. The summed E-state index contributed by atoms with van der Waals surface area (Å²) >= 11 is 0. The third kappa shape index (κ3) is 3.78. The van der Waals surface area contributed by atoms with Crippen LogP contribution in [0.25, 0.3) is 0 Å². The van der Waals surface area contributed by atoms with Crippen LogP contribution in [-0.4, -0.2) is 35.6 Å². The normalized spacial score (nSPS) is 23.9. The predicted molar refractivity (Wildman–Crippen MR) is 92.7 cm³/mol. The number of hydrogen-bond donors (Lipinski definition) is 2. The zero-order valence-electron chi connectivity index (χ0n) is 14.3. The van der Waals surface area contributed by atoms with E-state index < -0.39 is 5.60 Å². The maximum atomic E-state index is 11.8. The van der Waals surface area contributed by atoms with Crippen LogP contribution in [-0.2, 0) is 16.0 Å². The summed E-state index contributed by atoms with van der Waals surface area (Å²) in [6, 6.07) is 8.33. The van der Waals surface area contributed by atoms with Crippen LogP contribution in [0.15, 0.2) is 24.3 Å². The quantitative estimate of drug-likeness (QED) is 0.829. The Balaban J connectivity index is 1.58. The summed E-state index contributed by atoms with van der Waals surface area (Å²) in [5, 5.41) is 12.7. The van der Waals surface area contributed by atoms with Crippen LogP contribution in [0.3, 0.4) is 0 Å². The molecule has 1 atom stereocenters. The molecule has 0 aliphatic carbocycles. The van der Waals surface area contributed by atoms with E-state index in [1.165, 1.54) is 5.69 Å². The molecule has 5 nitrogen and oxygen atoms in total. The second-order valence-electron chi connectivity index (χ2n) is 7.08. The number of carbonyl (C=O) groups excluding carboxylic acids is 2. The summed E-state index contributed by atoms with van der Waals surface area (Å²) in [4.78, 5) is 25.4. The number of amides is 2. The number of nitrogens with zero attached hydrogens (tertiary/aromatic N) is 1. The Morgan fingerprint density at radius 1 is 1.21 bits per heavy atom. The second kappa shape index (κ2) is 6.93. The Hall–Kier alpha value is -1.88. The molecule has 2 aliphatic heterocycles. The van der Waals surface area contributed by atoms with Gasteiger partial charge in [0.2, 0.25) is 11.8 Å². The number of piperidine rings is 2. The molecule has 0 saturated carbocycles. The molecular weight excluding hydrogens is 304 g/mol. The highest BCUT2D eigenvalue weighted by Gasteiger charge is 2.30. The number of carbonyl (C=O) groups is 2. The van der Waals surface area contributed by atoms with Gasteiger partial charge in [0, 0.05) is 31.1 Å². The van der Waals surface area contributed by atoms with Gasteiger partial charge in [0.15, 0.2) is 0 Å². The molecule has 0 aromatic heterocycles. The van der Waals surface area contributed by atoms with Crippen molar-refractivity contribution in [3.63, 3.8) is 0 Å². The van der Waals surface area contributed by atoms with Crippen molar-refractivity contribution in [1.82, 2.24) is 5.32 Å². The molecule has 2 amide bonds. The Kier molecular flexibility index (Phi) is 4.90. The summed E-state index contributed by atoms with van der Waals surface area (Å²) < 4.78 is 0. The van der Waals surface area contributed by atoms with Crippen molar-refractivity contribution < 1.29 is 14.7 Å². The van der Waals surface area contributed by atoms with Gasteiger partial charge in [-0.05, 0) is 49.8 Å². The molecule has 2 fully saturated rings. The first-order valence-corrected chi connectivity index (χ1v) is 8.89. The first-order chi connectivity index (χ1) is 11.5. The lowest BCUT2D eigenvalue weighted by Crippen LogP contribution is -2.44. The maximum Gasteiger partial charge on any atom is 0.230 e. The van der Waals surface area contributed by atoms with E-state index >= 15 is 0 Å². The lowest BCUT2D eigenvalue weighted by molar-refractivity contribution is -0.136. The Morgan fingerprint density at radius 2 is 1.88 bits per heavy atom. The van der Waals surface area contributed by atoms with Gasteiger partial charge in [-0.1, -0.05) is 19.1 Å². The molecule has 0 radical (unpaired) electrons. The number of nitrogens with one attached hydrogen (secondary N) is 1. The number of aliphatic hydroxyl groups is 1. The number of benzene rings is 1. The molecule has 5 heteroatoms. The Labute approximate surface area is 143 Å². The van der Waals surface area contributed by atoms with Crippen molar-refractivity contribution in [3.05, 3.63) is 29.8 Å². The van der Waals surface area contributed by atoms with Crippen LogP contribution in [0.2, 0.25) is 0 Å². The Morgan fingerprint density at radius 3 is 2.46 bits per heavy atom. The van der Waals surface area contributed by atoms with E-state index in [2.05, 4.69) is 34.5 Å². The predicted octanol–water partition coefficient (Wildman–Crippen LogP) is 2.02. The number of rotatable bonds is 4. The van der Waals surface area contributed by atoms with Crippen molar-refractivity contribution in [3.8, 4) is 0 Å². The summed E-state index contributed by atoms with van der Waals surface area (Å²) in [6.45, 7) is 3.78. The van der Waals surface area contributed by atoms with Crippen molar-refractivity contribution in [1.29, 1.82) is 0 Å². The van der Waals surface area contributed by atoms with Gasteiger partial charge < -0.3 is 10.0 Å². The van der Waals surface area contributed by atoms with Gasteiger partial charge >= 0.3 is 0 Å². The standard InChI is InChI=1S/C19H26N2O3/c1-2-19(24)9-11-21(12-10-19)16-6-3-14(4-7-16)13-15-5-8-17(22)20-18(15)23/h3-4,6-7,15,24H,2,5,8-13H2,1H3,(H,20,22,23). The highest BCUT2D eigenvalue weighted by atomic mass is 16.3. The number of imide groups is 1. The zero-order chi connectivity index (χ0) is 17.2. The largest absolute Gasteiger partial charge is 0.390 e. The fourth-order valence-electron chi connectivity index (χ4n) is 3.60.